The monoisotopic (exact) mass is 449 g/mol. The van der Waals surface area contributed by atoms with Gasteiger partial charge in [0.25, 0.3) is 5.69 Å². The molecule has 12 heteroatoms. The Morgan fingerprint density at radius 2 is 1.88 bits per heavy atom. The second-order valence-corrected chi connectivity index (χ2v) is 6.69. The lowest BCUT2D eigenvalue weighted by Gasteiger charge is -2.15. The minimum atomic E-state index is -4.84. The van der Waals surface area contributed by atoms with Crippen LogP contribution in [0, 0.1) is 10.1 Å². The van der Waals surface area contributed by atoms with Gasteiger partial charge in [-0.05, 0) is 31.2 Å². The molecular formula is C20H18F3N5O4. The van der Waals surface area contributed by atoms with E-state index in [1.54, 1.807) is 13.0 Å². The Kier molecular flexibility index (Phi) is 6.73. The van der Waals surface area contributed by atoms with Crippen LogP contribution in [0.15, 0.2) is 54.6 Å². The van der Waals surface area contributed by atoms with Gasteiger partial charge < -0.3 is 20.5 Å². The molecule has 0 amide bonds. The molecule has 0 saturated carbocycles. The lowest BCUT2D eigenvalue weighted by Crippen LogP contribution is -2.21. The molecule has 32 heavy (non-hydrogen) atoms. The summed E-state index contributed by atoms with van der Waals surface area (Å²) in [5, 5.41) is 26.0. The van der Waals surface area contributed by atoms with Crippen molar-refractivity contribution in [3.8, 4) is 17.0 Å². The number of alkyl halides is 3. The van der Waals surface area contributed by atoms with Gasteiger partial charge in [-0.3, -0.25) is 10.1 Å². The number of aliphatic hydroxyl groups is 1. The number of rotatable bonds is 8. The van der Waals surface area contributed by atoms with Crippen LogP contribution in [0.5, 0.6) is 5.75 Å². The van der Waals surface area contributed by atoms with Crippen LogP contribution in [-0.2, 0) is 0 Å². The van der Waals surface area contributed by atoms with E-state index in [1.807, 2.05) is 0 Å². The second kappa shape index (κ2) is 9.47. The van der Waals surface area contributed by atoms with Crippen molar-refractivity contribution in [3.63, 3.8) is 0 Å². The summed E-state index contributed by atoms with van der Waals surface area (Å²) in [4.78, 5) is 18.9. The smallest absolute Gasteiger partial charge is 0.406 e. The van der Waals surface area contributed by atoms with Gasteiger partial charge in [-0.2, -0.15) is 4.98 Å². The molecule has 0 saturated heterocycles. The number of aliphatic hydroxyl groups excluding tert-OH is 1. The Morgan fingerprint density at radius 1 is 1.16 bits per heavy atom. The molecule has 3 rings (SSSR count). The summed E-state index contributed by atoms with van der Waals surface area (Å²) in [5.74, 6) is -0.00836. The Hall–Kier alpha value is -3.93. The van der Waals surface area contributed by atoms with Crippen LogP contribution >= 0.6 is 0 Å². The van der Waals surface area contributed by atoms with E-state index in [1.165, 1.54) is 48.5 Å². The maximum atomic E-state index is 12.6. The zero-order valence-corrected chi connectivity index (χ0v) is 16.6. The van der Waals surface area contributed by atoms with E-state index in [4.69, 9.17) is 0 Å². The van der Waals surface area contributed by atoms with Crippen molar-refractivity contribution in [2.75, 3.05) is 17.2 Å². The molecule has 9 nitrogen and oxygen atoms in total. The van der Waals surface area contributed by atoms with Gasteiger partial charge in [0, 0.05) is 35.5 Å². The van der Waals surface area contributed by atoms with Crippen LogP contribution in [0.1, 0.15) is 6.92 Å². The summed E-state index contributed by atoms with van der Waals surface area (Å²) in [5.41, 5.74) is 1.03. The van der Waals surface area contributed by atoms with Gasteiger partial charge in [0.15, 0.2) is 0 Å². The SMILES string of the molecule is C[C@H](CO)Nc1nc(Nc2ccc([N+](=O)[O-])cc2)cc(-c2cccc(OC(F)(F)F)c2)n1. The zero-order valence-electron chi connectivity index (χ0n) is 16.6. The first kappa shape index (κ1) is 22.7. The molecule has 3 N–H and O–H groups in total. The minimum absolute atomic E-state index is 0.0838. The van der Waals surface area contributed by atoms with Gasteiger partial charge in [-0.25, -0.2) is 4.98 Å². The zero-order chi connectivity index (χ0) is 23.3. The van der Waals surface area contributed by atoms with Gasteiger partial charge in [0.2, 0.25) is 5.95 Å². The van der Waals surface area contributed by atoms with Gasteiger partial charge in [0.05, 0.1) is 17.2 Å². The van der Waals surface area contributed by atoms with Crippen LogP contribution in [-0.4, -0.2) is 39.0 Å². The molecule has 0 unspecified atom stereocenters. The number of hydrogen-bond acceptors (Lipinski definition) is 8. The number of nitro benzene ring substituents is 1. The van der Waals surface area contributed by atoms with Gasteiger partial charge >= 0.3 is 6.36 Å². The highest BCUT2D eigenvalue weighted by molar-refractivity contribution is 5.68. The summed E-state index contributed by atoms with van der Waals surface area (Å²) < 4.78 is 41.7. The third kappa shape index (κ3) is 6.28. The van der Waals surface area contributed by atoms with E-state index in [2.05, 4.69) is 25.3 Å². The number of non-ortho nitro benzene ring substituents is 1. The second-order valence-electron chi connectivity index (χ2n) is 6.69. The van der Waals surface area contributed by atoms with Gasteiger partial charge in [0.1, 0.15) is 11.6 Å². The average molecular weight is 449 g/mol. The first-order valence-corrected chi connectivity index (χ1v) is 9.27. The highest BCUT2D eigenvalue weighted by Crippen LogP contribution is 2.29. The maximum absolute atomic E-state index is 12.6. The molecule has 1 aromatic heterocycles. The van der Waals surface area contributed by atoms with E-state index in [9.17, 15) is 28.4 Å². The average Bonchev–Trinajstić information content (AvgIpc) is 2.73. The van der Waals surface area contributed by atoms with E-state index >= 15 is 0 Å². The number of nitrogens with one attached hydrogen (secondary N) is 2. The van der Waals surface area contributed by atoms with Gasteiger partial charge in [-0.15, -0.1) is 13.2 Å². The highest BCUT2D eigenvalue weighted by Gasteiger charge is 2.31. The molecule has 0 radical (unpaired) electrons. The summed E-state index contributed by atoms with van der Waals surface area (Å²) in [6.45, 7) is 1.49. The van der Waals surface area contributed by atoms with Crippen molar-refractivity contribution in [3.05, 3.63) is 64.7 Å². The fourth-order valence-electron chi connectivity index (χ4n) is 2.66. The molecule has 3 aromatic rings. The first-order chi connectivity index (χ1) is 15.1. The van der Waals surface area contributed by atoms with Crippen molar-refractivity contribution in [1.29, 1.82) is 0 Å². The molecule has 0 aliphatic carbocycles. The molecule has 168 valence electrons. The fourth-order valence-corrected chi connectivity index (χ4v) is 2.66. The molecule has 1 heterocycles. The van der Waals surface area contributed by atoms with Crippen molar-refractivity contribution >= 4 is 23.1 Å². The molecule has 0 fully saturated rings. The third-order valence-electron chi connectivity index (χ3n) is 4.09. The van der Waals surface area contributed by atoms with Gasteiger partial charge in [-0.1, -0.05) is 12.1 Å². The fraction of sp³-hybridized carbons (Fsp3) is 0.200. The Balaban J connectivity index is 1.96. The lowest BCUT2D eigenvalue weighted by molar-refractivity contribution is -0.384. The molecule has 1 atom stereocenters. The molecule has 0 bridgehead atoms. The number of aromatic nitrogens is 2. The van der Waals surface area contributed by atoms with Crippen LogP contribution in [0.2, 0.25) is 0 Å². The van der Waals surface area contributed by atoms with E-state index < -0.39 is 23.1 Å². The van der Waals surface area contributed by atoms with E-state index in [0.717, 1.165) is 0 Å². The van der Waals surface area contributed by atoms with Crippen molar-refractivity contribution in [2.24, 2.45) is 0 Å². The van der Waals surface area contributed by atoms with Crippen LogP contribution < -0.4 is 15.4 Å². The van der Waals surface area contributed by atoms with Crippen LogP contribution in [0.3, 0.4) is 0 Å². The Labute approximate surface area is 180 Å². The molecule has 0 aliphatic rings. The van der Waals surface area contributed by atoms with Crippen LogP contribution in [0.4, 0.5) is 36.3 Å². The summed E-state index contributed by atoms with van der Waals surface area (Å²) in [6.07, 6.45) is -4.84. The third-order valence-corrected chi connectivity index (χ3v) is 4.09. The summed E-state index contributed by atoms with van der Waals surface area (Å²) in [6, 6.07) is 12.0. The normalized spacial score (nSPS) is 12.2. The first-order valence-electron chi connectivity index (χ1n) is 9.27. The van der Waals surface area contributed by atoms with Crippen molar-refractivity contribution in [2.45, 2.75) is 19.3 Å². The molecular weight excluding hydrogens is 431 g/mol. The van der Waals surface area contributed by atoms with Crippen LogP contribution in [0.25, 0.3) is 11.3 Å². The summed E-state index contributed by atoms with van der Waals surface area (Å²) in [7, 11) is 0. The minimum Gasteiger partial charge on any atom is -0.406 e. The predicted molar refractivity (Wildman–Crippen MR) is 111 cm³/mol. The number of ether oxygens (including phenoxy) is 1. The highest BCUT2D eigenvalue weighted by atomic mass is 19.4. The predicted octanol–water partition coefficient (Wildman–Crippen LogP) is 4.49. The van der Waals surface area contributed by atoms with Crippen molar-refractivity contribution in [1.82, 2.24) is 9.97 Å². The number of nitrogens with zero attached hydrogens (tertiary/aromatic N) is 3. The quantitative estimate of drug-likeness (QED) is 0.340. The summed E-state index contributed by atoms with van der Waals surface area (Å²) >= 11 is 0. The number of anilines is 3. The number of halogens is 3. The topological polar surface area (TPSA) is 122 Å². The number of benzene rings is 2. The largest absolute Gasteiger partial charge is 0.573 e. The Bertz CT molecular complexity index is 1090. The molecule has 0 aliphatic heterocycles. The maximum Gasteiger partial charge on any atom is 0.573 e. The van der Waals surface area contributed by atoms with Crippen molar-refractivity contribution < 1.29 is 27.9 Å². The van der Waals surface area contributed by atoms with E-state index in [0.29, 0.717) is 11.3 Å². The Morgan fingerprint density at radius 3 is 2.50 bits per heavy atom. The molecule has 2 aromatic carbocycles. The molecule has 0 spiro atoms. The standard InChI is InChI=1S/C20H18F3N5O4/c1-12(11-29)24-19-26-17(13-3-2-4-16(9-13)32-20(21,22)23)10-18(27-19)25-14-5-7-15(8-6-14)28(30)31/h2-10,12,29H,11H2,1H3,(H2,24,25,26,27)/t12-/m1/s1. The number of nitro groups is 1. The van der Waals surface area contributed by atoms with E-state index in [-0.39, 0.29) is 29.8 Å². The lowest BCUT2D eigenvalue weighted by atomic mass is 10.1. The number of hydrogen-bond donors (Lipinski definition) is 3.